The van der Waals surface area contributed by atoms with E-state index in [1.54, 1.807) is 22.0 Å². The molecular weight excluding hydrogens is 472 g/mol. The van der Waals surface area contributed by atoms with E-state index >= 15 is 0 Å². The third-order valence-electron chi connectivity index (χ3n) is 8.29. The molecule has 3 rings (SSSR count). The van der Waals surface area contributed by atoms with Gasteiger partial charge in [0.1, 0.15) is 17.6 Å². The Bertz CT molecular complexity index is 874. The van der Waals surface area contributed by atoms with Crippen molar-refractivity contribution in [2.24, 2.45) is 17.8 Å². The molecule has 3 saturated heterocycles. The molecule has 2 amide bonds. The van der Waals surface area contributed by atoms with Gasteiger partial charge < -0.3 is 24.4 Å². The molecule has 0 aromatic carbocycles. The SMILES string of the molecule is C=CCCCOC(=O)[C@@H]1[C@H]2C(=O)N([C@@H](CO)CC(C)C)C(C(=O)N(CC=C)CCCC)C23CC[C@@]1(C)O3. The van der Waals surface area contributed by atoms with E-state index in [1.165, 1.54) is 0 Å². The van der Waals surface area contributed by atoms with Gasteiger partial charge in [-0.2, -0.15) is 0 Å². The highest BCUT2D eigenvalue weighted by molar-refractivity contribution is 5.98. The Kier molecular flexibility index (Phi) is 9.62. The molecule has 0 aromatic heterocycles. The van der Waals surface area contributed by atoms with Crippen LogP contribution in [0.4, 0.5) is 0 Å². The number of hydrogen-bond donors (Lipinski definition) is 1. The fourth-order valence-electron chi connectivity index (χ4n) is 6.67. The van der Waals surface area contributed by atoms with Gasteiger partial charge in [-0.25, -0.2) is 0 Å². The molecule has 8 heteroatoms. The van der Waals surface area contributed by atoms with Crippen molar-refractivity contribution in [2.45, 2.75) is 95.9 Å². The molecule has 3 fully saturated rings. The van der Waals surface area contributed by atoms with Crippen LogP contribution in [0, 0.1) is 17.8 Å². The summed E-state index contributed by atoms with van der Waals surface area (Å²) < 4.78 is 12.3. The molecule has 0 aliphatic carbocycles. The standard InChI is InChI=1S/C29H46N2O6/c1-7-10-12-17-36-27(35)23-22-25(33)31(21(19-32)18-20(4)5)24(29(22)14-13-28(23,6)37-29)26(34)30(15-9-3)16-11-8-2/h7,9,20-24,32H,1,3,8,10-19H2,2,4-6H3/t21-,22+,23+,24?,28-,29?/m1/s1. The van der Waals surface area contributed by atoms with Crippen molar-refractivity contribution in [1.82, 2.24) is 9.80 Å². The lowest BCUT2D eigenvalue weighted by molar-refractivity contribution is -0.162. The summed E-state index contributed by atoms with van der Waals surface area (Å²) in [6.07, 6.45) is 8.20. The van der Waals surface area contributed by atoms with Crippen LogP contribution < -0.4 is 0 Å². The summed E-state index contributed by atoms with van der Waals surface area (Å²) in [4.78, 5) is 45.2. The first-order chi connectivity index (χ1) is 17.6. The minimum absolute atomic E-state index is 0.198. The summed E-state index contributed by atoms with van der Waals surface area (Å²) >= 11 is 0. The van der Waals surface area contributed by atoms with E-state index in [4.69, 9.17) is 9.47 Å². The molecule has 2 bridgehead atoms. The van der Waals surface area contributed by atoms with Gasteiger partial charge in [-0.1, -0.05) is 39.3 Å². The number of hydrogen-bond acceptors (Lipinski definition) is 6. The minimum atomic E-state index is -1.12. The molecule has 6 atom stereocenters. The number of aliphatic hydroxyl groups excluding tert-OH is 1. The average molecular weight is 519 g/mol. The zero-order chi connectivity index (χ0) is 27.4. The van der Waals surface area contributed by atoms with Gasteiger partial charge in [0.2, 0.25) is 11.8 Å². The molecule has 1 spiro atoms. The van der Waals surface area contributed by atoms with Crippen molar-refractivity contribution in [3.05, 3.63) is 25.3 Å². The number of aliphatic hydroxyl groups is 1. The van der Waals surface area contributed by atoms with Crippen LogP contribution in [0.15, 0.2) is 25.3 Å². The van der Waals surface area contributed by atoms with Gasteiger partial charge in [-0.15, -0.1) is 13.2 Å². The number of carbonyl (C=O) groups is 3. The highest BCUT2D eigenvalue weighted by Crippen LogP contribution is 2.63. The third kappa shape index (κ3) is 5.37. The molecule has 1 N–H and O–H groups in total. The van der Waals surface area contributed by atoms with E-state index in [9.17, 15) is 19.5 Å². The predicted octanol–water partition coefficient (Wildman–Crippen LogP) is 3.48. The molecule has 0 radical (unpaired) electrons. The number of fused-ring (bicyclic) bond motifs is 1. The van der Waals surface area contributed by atoms with E-state index in [0.29, 0.717) is 38.8 Å². The number of amides is 2. The van der Waals surface area contributed by atoms with Gasteiger partial charge >= 0.3 is 5.97 Å². The van der Waals surface area contributed by atoms with E-state index in [1.807, 2.05) is 20.8 Å². The Morgan fingerprint density at radius 2 is 2.00 bits per heavy atom. The van der Waals surface area contributed by atoms with Crippen molar-refractivity contribution in [3.8, 4) is 0 Å². The molecule has 2 unspecified atom stereocenters. The van der Waals surface area contributed by atoms with Crippen molar-refractivity contribution < 1.29 is 29.0 Å². The molecular formula is C29H46N2O6. The minimum Gasteiger partial charge on any atom is -0.465 e. The van der Waals surface area contributed by atoms with E-state index < -0.39 is 41.1 Å². The highest BCUT2D eigenvalue weighted by Gasteiger charge is 2.79. The summed E-state index contributed by atoms with van der Waals surface area (Å²) in [6, 6.07) is -1.45. The van der Waals surface area contributed by atoms with Crippen LogP contribution in [-0.2, 0) is 23.9 Å². The lowest BCUT2D eigenvalue weighted by atomic mass is 9.66. The summed E-state index contributed by atoms with van der Waals surface area (Å²) in [5.74, 6) is -2.34. The Morgan fingerprint density at radius 3 is 2.59 bits per heavy atom. The fraction of sp³-hybridized carbons (Fsp3) is 0.759. The lowest BCUT2D eigenvalue weighted by Crippen LogP contribution is -2.59. The maximum Gasteiger partial charge on any atom is 0.312 e. The molecule has 3 aliphatic heterocycles. The maximum atomic E-state index is 14.3. The van der Waals surface area contributed by atoms with Gasteiger partial charge in [-0.3, -0.25) is 14.4 Å². The van der Waals surface area contributed by atoms with Gasteiger partial charge in [-0.05, 0) is 51.4 Å². The van der Waals surface area contributed by atoms with E-state index in [-0.39, 0.29) is 30.9 Å². The second-order valence-corrected chi connectivity index (χ2v) is 11.5. The normalized spacial score (nSPS) is 30.9. The fourth-order valence-corrected chi connectivity index (χ4v) is 6.67. The Labute approximate surface area is 222 Å². The second-order valence-electron chi connectivity index (χ2n) is 11.5. The molecule has 3 aliphatic rings. The number of carbonyl (C=O) groups excluding carboxylic acids is 3. The molecule has 0 saturated carbocycles. The Morgan fingerprint density at radius 1 is 1.27 bits per heavy atom. The van der Waals surface area contributed by atoms with E-state index in [2.05, 4.69) is 20.1 Å². The summed E-state index contributed by atoms with van der Waals surface area (Å²) in [7, 11) is 0. The third-order valence-corrected chi connectivity index (χ3v) is 8.29. The van der Waals surface area contributed by atoms with Gasteiger partial charge in [0.15, 0.2) is 0 Å². The zero-order valence-corrected chi connectivity index (χ0v) is 23.1. The number of allylic oxidation sites excluding steroid dienone is 1. The first-order valence-corrected chi connectivity index (χ1v) is 13.9. The van der Waals surface area contributed by atoms with Crippen LogP contribution in [0.25, 0.3) is 0 Å². The molecule has 37 heavy (non-hydrogen) atoms. The topological polar surface area (TPSA) is 96.4 Å². The second kappa shape index (κ2) is 12.1. The van der Waals surface area contributed by atoms with Crippen LogP contribution in [0.2, 0.25) is 0 Å². The molecule has 3 heterocycles. The number of likely N-dealkylation sites (tertiary alicyclic amines) is 1. The molecule has 208 valence electrons. The summed E-state index contributed by atoms with van der Waals surface area (Å²) in [6.45, 7) is 16.4. The monoisotopic (exact) mass is 518 g/mol. The number of unbranched alkanes of at least 4 members (excludes halogenated alkanes) is 2. The maximum absolute atomic E-state index is 14.3. The average Bonchev–Trinajstić information content (AvgIpc) is 3.43. The quantitative estimate of drug-likeness (QED) is 0.203. The number of esters is 1. The summed E-state index contributed by atoms with van der Waals surface area (Å²) in [5.41, 5.74) is -2.00. The van der Waals surface area contributed by atoms with Gasteiger partial charge in [0, 0.05) is 13.1 Å². The predicted molar refractivity (Wildman–Crippen MR) is 141 cm³/mol. The van der Waals surface area contributed by atoms with Crippen LogP contribution >= 0.6 is 0 Å². The molecule has 0 aromatic rings. The highest BCUT2D eigenvalue weighted by atomic mass is 16.6. The summed E-state index contributed by atoms with van der Waals surface area (Å²) in [5, 5.41) is 10.4. The first kappa shape index (κ1) is 29.4. The number of nitrogens with zero attached hydrogens (tertiary/aromatic N) is 2. The van der Waals surface area contributed by atoms with Crippen LogP contribution in [0.5, 0.6) is 0 Å². The van der Waals surface area contributed by atoms with Crippen molar-refractivity contribution in [3.63, 3.8) is 0 Å². The van der Waals surface area contributed by atoms with E-state index in [0.717, 1.165) is 19.3 Å². The lowest BCUT2D eigenvalue weighted by Gasteiger charge is -2.40. The zero-order valence-electron chi connectivity index (χ0n) is 23.1. The van der Waals surface area contributed by atoms with Gasteiger partial charge in [0.25, 0.3) is 0 Å². The smallest absolute Gasteiger partial charge is 0.312 e. The first-order valence-electron chi connectivity index (χ1n) is 13.9. The number of ether oxygens (including phenoxy) is 2. The van der Waals surface area contributed by atoms with Gasteiger partial charge in [0.05, 0.1) is 30.8 Å². The van der Waals surface area contributed by atoms with Crippen LogP contribution in [0.1, 0.15) is 72.6 Å². The Balaban J connectivity index is 2.04. The largest absolute Gasteiger partial charge is 0.465 e. The van der Waals surface area contributed by atoms with Crippen molar-refractivity contribution in [2.75, 3.05) is 26.3 Å². The van der Waals surface area contributed by atoms with Crippen LogP contribution in [0.3, 0.4) is 0 Å². The number of rotatable bonds is 15. The van der Waals surface area contributed by atoms with Crippen LogP contribution in [-0.4, -0.2) is 82.3 Å². The van der Waals surface area contributed by atoms with Crippen molar-refractivity contribution in [1.29, 1.82) is 0 Å². The Hall–Kier alpha value is -2.19. The molecule has 8 nitrogen and oxygen atoms in total. The van der Waals surface area contributed by atoms with Crippen molar-refractivity contribution >= 4 is 17.8 Å².